The number of nitrogens with one attached hydrogen (secondary N) is 1. The Bertz CT molecular complexity index is 384. The van der Waals surface area contributed by atoms with E-state index in [4.69, 9.17) is 0 Å². The molecule has 0 saturated carbocycles. The molecule has 0 bridgehead atoms. The maximum Gasteiger partial charge on any atom is 0.131 e. The van der Waals surface area contributed by atoms with E-state index in [1.165, 1.54) is 0 Å². The third-order valence-electron chi connectivity index (χ3n) is 1.63. The number of aromatic nitrogens is 2. The van der Waals surface area contributed by atoms with Crippen LogP contribution in [0.5, 0.6) is 0 Å². The molecule has 12 heavy (non-hydrogen) atoms. The lowest BCUT2D eigenvalue weighted by atomic mass is 10.3. The monoisotopic (exact) mass is 222 g/mol. The Kier molecular flexibility index (Phi) is 1.96. The van der Waals surface area contributed by atoms with Crippen molar-refractivity contribution in [2.75, 3.05) is 0 Å². The molecule has 1 N–H and O–H groups in total. The molecule has 2 rings (SSSR count). The van der Waals surface area contributed by atoms with Gasteiger partial charge in [-0.2, -0.15) is 0 Å². The fourth-order valence-corrected chi connectivity index (χ4v) is 1.36. The predicted molar refractivity (Wildman–Crippen MR) is 54.1 cm³/mol. The van der Waals surface area contributed by atoms with Gasteiger partial charge < -0.3 is 4.98 Å². The molecule has 1 heterocycles. The fourth-order valence-electron chi connectivity index (χ4n) is 1.11. The number of imidazole rings is 1. The van der Waals surface area contributed by atoms with E-state index in [1.54, 1.807) is 4.99 Å². The first-order valence-corrected chi connectivity index (χ1v) is 4.53. The van der Waals surface area contributed by atoms with Crippen LogP contribution in [0.15, 0.2) is 29.3 Å². The van der Waals surface area contributed by atoms with E-state index in [2.05, 4.69) is 25.9 Å². The summed E-state index contributed by atoms with van der Waals surface area (Å²) in [5.41, 5.74) is 2.07. The van der Waals surface area contributed by atoms with Crippen LogP contribution in [0.4, 0.5) is 0 Å². The zero-order valence-corrected chi connectivity index (χ0v) is 7.88. The number of para-hydroxylation sites is 2. The average molecular weight is 223 g/mol. The summed E-state index contributed by atoms with van der Waals surface area (Å²) in [4.78, 5) is 9.28. The second-order valence-electron chi connectivity index (χ2n) is 2.43. The Hall–Kier alpha value is -1.09. The van der Waals surface area contributed by atoms with E-state index in [-0.39, 0.29) is 0 Å². The molecule has 1 aromatic carbocycles. The van der Waals surface area contributed by atoms with Crippen LogP contribution in [-0.4, -0.2) is 9.97 Å². The van der Waals surface area contributed by atoms with Crippen LogP contribution in [0, 0.1) is 0 Å². The number of aromatic amines is 1. The molecule has 60 valence electrons. The maximum absolute atomic E-state index is 4.33. The lowest BCUT2D eigenvalue weighted by Crippen LogP contribution is -1.70. The van der Waals surface area contributed by atoms with Crippen LogP contribution in [0.2, 0.25) is 0 Å². The Morgan fingerprint density at radius 2 is 2.17 bits per heavy atom. The SMILES string of the molecule is Br/C=C/c1nc2ccccc2[nH]1. The molecule has 0 radical (unpaired) electrons. The number of halogens is 1. The summed E-state index contributed by atoms with van der Waals surface area (Å²) in [5, 5.41) is 0. The molecule has 0 amide bonds. The van der Waals surface area contributed by atoms with E-state index >= 15 is 0 Å². The second-order valence-corrected chi connectivity index (χ2v) is 2.96. The molecule has 2 nitrogen and oxygen atoms in total. The molecule has 0 aliphatic heterocycles. The van der Waals surface area contributed by atoms with Gasteiger partial charge in [0.25, 0.3) is 0 Å². The summed E-state index contributed by atoms with van der Waals surface area (Å²) < 4.78 is 0. The van der Waals surface area contributed by atoms with E-state index in [9.17, 15) is 0 Å². The number of hydrogen-bond acceptors (Lipinski definition) is 1. The first-order valence-electron chi connectivity index (χ1n) is 3.61. The summed E-state index contributed by atoms with van der Waals surface area (Å²) in [6, 6.07) is 7.96. The zero-order valence-electron chi connectivity index (χ0n) is 6.29. The van der Waals surface area contributed by atoms with Gasteiger partial charge in [-0.1, -0.05) is 28.1 Å². The largest absolute Gasteiger partial charge is 0.338 e. The minimum absolute atomic E-state index is 0.869. The van der Waals surface area contributed by atoms with Gasteiger partial charge in [-0.3, -0.25) is 0 Å². The molecule has 0 spiro atoms. The highest BCUT2D eigenvalue weighted by molar-refractivity contribution is 9.11. The third kappa shape index (κ3) is 1.28. The molecule has 0 saturated heterocycles. The van der Waals surface area contributed by atoms with Crippen molar-refractivity contribution < 1.29 is 0 Å². The van der Waals surface area contributed by atoms with Gasteiger partial charge in [-0.25, -0.2) is 4.98 Å². The van der Waals surface area contributed by atoms with Crippen molar-refractivity contribution in [1.29, 1.82) is 0 Å². The molecule has 0 atom stereocenters. The number of nitrogens with zero attached hydrogens (tertiary/aromatic N) is 1. The number of rotatable bonds is 1. The van der Waals surface area contributed by atoms with Crippen LogP contribution < -0.4 is 0 Å². The van der Waals surface area contributed by atoms with Crippen molar-refractivity contribution in [2.24, 2.45) is 0 Å². The van der Waals surface area contributed by atoms with E-state index in [1.807, 2.05) is 30.3 Å². The second kappa shape index (κ2) is 3.11. The summed E-state index contributed by atoms with van der Waals surface area (Å²) >= 11 is 3.20. The number of fused-ring (bicyclic) bond motifs is 1. The molecular weight excluding hydrogens is 216 g/mol. The quantitative estimate of drug-likeness (QED) is 0.790. The first-order chi connectivity index (χ1) is 5.90. The van der Waals surface area contributed by atoms with Gasteiger partial charge in [0.05, 0.1) is 11.0 Å². The zero-order chi connectivity index (χ0) is 8.39. The summed E-state index contributed by atoms with van der Waals surface area (Å²) in [5.74, 6) is 0.869. The Morgan fingerprint density at radius 3 is 2.92 bits per heavy atom. The fraction of sp³-hybridized carbons (Fsp3) is 0. The van der Waals surface area contributed by atoms with Crippen molar-refractivity contribution in [3.05, 3.63) is 35.1 Å². The van der Waals surface area contributed by atoms with Crippen LogP contribution in [0.3, 0.4) is 0 Å². The highest BCUT2D eigenvalue weighted by atomic mass is 79.9. The Morgan fingerprint density at radius 1 is 1.33 bits per heavy atom. The van der Waals surface area contributed by atoms with Gasteiger partial charge >= 0.3 is 0 Å². The van der Waals surface area contributed by atoms with Crippen LogP contribution in [-0.2, 0) is 0 Å². The van der Waals surface area contributed by atoms with Crippen molar-refractivity contribution in [2.45, 2.75) is 0 Å². The third-order valence-corrected chi connectivity index (χ3v) is 1.89. The van der Waals surface area contributed by atoms with Gasteiger partial charge in [0.1, 0.15) is 5.82 Å². The van der Waals surface area contributed by atoms with E-state index in [0.717, 1.165) is 16.9 Å². The van der Waals surface area contributed by atoms with Crippen molar-refractivity contribution in [3.8, 4) is 0 Å². The topological polar surface area (TPSA) is 28.7 Å². The van der Waals surface area contributed by atoms with Gasteiger partial charge in [0.2, 0.25) is 0 Å². The van der Waals surface area contributed by atoms with Gasteiger partial charge in [-0.15, -0.1) is 0 Å². The lowest BCUT2D eigenvalue weighted by Gasteiger charge is -1.81. The molecule has 0 aliphatic rings. The van der Waals surface area contributed by atoms with Crippen molar-refractivity contribution >= 4 is 33.0 Å². The normalized spacial score (nSPS) is 11.4. The Labute approximate surface area is 78.4 Å². The minimum Gasteiger partial charge on any atom is -0.338 e. The Balaban J connectivity index is 2.62. The maximum atomic E-state index is 4.33. The van der Waals surface area contributed by atoms with E-state index < -0.39 is 0 Å². The van der Waals surface area contributed by atoms with Crippen LogP contribution >= 0.6 is 15.9 Å². The van der Waals surface area contributed by atoms with Crippen molar-refractivity contribution in [1.82, 2.24) is 9.97 Å². The highest BCUT2D eigenvalue weighted by Crippen LogP contribution is 2.11. The molecule has 1 aromatic heterocycles. The molecule has 3 heteroatoms. The van der Waals surface area contributed by atoms with Gasteiger partial charge in [0.15, 0.2) is 0 Å². The highest BCUT2D eigenvalue weighted by Gasteiger charge is 1.96. The average Bonchev–Trinajstić information content (AvgIpc) is 2.47. The van der Waals surface area contributed by atoms with Gasteiger partial charge in [0, 0.05) is 0 Å². The molecular formula is C9H7BrN2. The van der Waals surface area contributed by atoms with Crippen molar-refractivity contribution in [3.63, 3.8) is 0 Å². The summed E-state index contributed by atoms with van der Waals surface area (Å²) in [6.07, 6.45) is 1.88. The molecule has 2 aromatic rings. The van der Waals surface area contributed by atoms with E-state index in [0.29, 0.717) is 0 Å². The molecule has 0 aliphatic carbocycles. The van der Waals surface area contributed by atoms with Crippen LogP contribution in [0.25, 0.3) is 17.1 Å². The lowest BCUT2D eigenvalue weighted by molar-refractivity contribution is 1.29. The molecule has 0 unspecified atom stereocenters. The van der Waals surface area contributed by atoms with Gasteiger partial charge in [-0.05, 0) is 23.2 Å². The summed E-state index contributed by atoms with van der Waals surface area (Å²) in [7, 11) is 0. The number of H-pyrrole nitrogens is 1. The predicted octanol–water partition coefficient (Wildman–Crippen LogP) is 2.93. The smallest absolute Gasteiger partial charge is 0.131 e. The number of hydrogen-bond donors (Lipinski definition) is 1. The number of benzene rings is 1. The minimum atomic E-state index is 0.869. The van der Waals surface area contributed by atoms with Crippen LogP contribution in [0.1, 0.15) is 5.82 Å². The standard InChI is InChI=1S/C9H7BrN2/c10-6-5-9-11-7-3-1-2-4-8(7)12-9/h1-6H,(H,11,12)/b6-5+. The summed E-state index contributed by atoms with van der Waals surface area (Å²) in [6.45, 7) is 0. The molecule has 0 fully saturated rings. The first kappa shape index (κ1) is 7.55.